The minimum atomic E-state index is -0.105. The van der Waals surface area contributed by atoms with Crippen LogP contribution in [0.4, 0.5) is 0 Å². The van der Waals surface area contributed by atoms with Crippen molar-refractivity contribution in [3.63, 3.8) is 0 Å². The average molecular weight is 218 g/mol. The van der Waals surface area contributed by atoms with E-state index in [1.165, 1.54) is 42.4 Å². The lowest BCUT2D eigenvalue weighted by molar-refractivity contribution is -0.0842. The minimum Gasteiger partial charge on any atom is -0.395 e. The summed E-state index contributed by atoms with van der Waals surface area (Å²) in [5, 5.41) is 9.51. The summed E-state index contributed by atoms with van der Waals surface area (Å²) in [6.45, 7) is 1.54. The van der Waals surface area contributed by atoms with Crippen molar-refractivity contribution in [1.29, 1.82) is 0 Å². The van der Waals surface area contributed by atoms with Gasteiger partial charge in [0.2, 0.25) is 0 Å². The Morgan fingerprint density at radius 1 is 1.12 bits per heavy atom. The van der Waals surface area contributed by atoms with Crippen LogP contribution in [0.25, 0.3) is 0 Å². The average Bonchev–Trinajstić information content (AvgIpc) is 2.28. The lowest BCUT2D eigenvalue weighted by Crippen LogP contribution is -2.49. The van der Waals surface area contributed by atoms with Crippen LogP contribution >= 0.6 is 0 Å². The van der Waals surface area contributed by atoms with Crippen LogP contribution in [0.15, 0.2) is 18.2 Å². The van der Waals surface area contributed by atoms with Gasteiger partial charge in [-0.05, 0) is 42.4 Å². The highest BCUT2D eigenvalue weighted by Gasteiger charge is 2.40. The van der Waals surface area contributed by atoms with Gasteiger partial charge in [-0.1, -0.05) is 18.2 Å². The van der Waals surface area contributed by atoms with Crippen molar-refractivity contribution in [2.24, 2.45) is 0 Å². The number of benzene rings is 1. The van der Waals surface area contributed by atoms with Crippen molar-refractivity contribution < 1.29 is 9.84 Å². The molecule has 0 radical (unpaired) electrons. The van der Waals surface area contributed by atoms with Crippen molar-refractivity contribution >= 4 is 0 Å². The van der Waals surface area contributed by atoms with Crippen LogP contribution < -0.4 is 0 Å². The van der Waals surface area contributed by atoms with Crippen molar-refractivity contribution in [2.45, 2.75) is 31.1 Å². The maximum atomic E-state index is 9.51. The summed E-state index contributed by atoms with van der Waals surface area (Å²) < 4.78 is 5.27. The van der Waals surface area contributed by atoms with Crippen molar-refractivity contribution in [3.05, 3.63) is 34.9 Å². The first-order valence-corrected chi connectivity index (χ1v) is 6.15. The van der Waals surface area contributed by atoms with Crippen LogP contribution in [-0.2, 0) is 23.0 Å². The number of fused-ring (bicyclic) bond motifs is 1. The molecule has 86 valence electrons. The Morgan fingerprint density at radius 2 is 1.88 bits per heavy atom. The number of aliphatic hydroxyl groups is 1. The first-order valence-electron chi connectivity index (χ1n) is 6.15. The van der Waals surface area contributed by atoms with Crippen LogP contribution in [-0.4, -0.2) is 24.9 Å². The van der Waals surface area contributed by atoms with Crippen LogP contribution in [0.2, 0.25) is 0 Å². The van der Waals surface area contributed by atoms with E-state index < -0.39 is 0 Å². The van der Waals surface area contributed by atoms with Crippen LogP contribution in [0.3, 0.4) is 0 Å². The number of hydrogen-bond donors (Lipinski definition) is 1. The summed E-state index contributed by atoms with van der Waals surface area (Å²) in [7, 11) is 0. The number of aryl methyl sites for hydroxylation is 2. The van der Waals surface area contributed by atoms with Gasteiger partial charge in [0.15, 0.2) is 0 Å². The van der Waals surface area contributed by atoms with Gasteiger partial charge >= 0.3 is 0 Å². The molecular weight excluding hydrogens is 200 g/mol. The molecule has 0 amide bonds. The van der Waals surface area contributed by atoms with E-state index in [4.69, 9.17) is 4.74 Å². The summed E-state index contributed by atoms with van der Waals surface area (Å²) >= 11 is 0. The molecule has 0 unspecified atom stereocenters. The summed E-state index contributed by atoms with van der Waals surface area (Å²) in [5.74, 6) is 0. The fourth-order valence-electron chi connectivity index (χ4n) is 2.76. The fourth-order valence-corrected chi connectivity index (χ4v) is 2.76. The van der Waals surface area contributed by atoms with Gasteiger partial charge < -0.3 is 9.84 Å². The summed E-state index contributed by atoms with van der Waals surface area (Å²) in [5.41, 5.74) is 4.15. The number of hydrogen-bond acceptors (Lipinski definition) is 2. The summed E-state index contributed by atoms with van der Waals surface area (Å²) in [6.07, 6.45) is 5.05. The lowest BCUT2D eigenvalue weighted by Gasteiger charge is -2.40. The molecule has 0 aromatic heterocycles. The lowest BCUT2D eigenvalue weighted by atomic mass is 9.77. The highest BCUT2D eigenvalue weighted by molar-refractivity contribution is 5.38. The van der Waals surface area contributed by atoms with Crippen molar-refractivity contribution in [1.82, 2.24) is 0 Å². The first-order chi connectivity index (χ1) is 7.84. The molecule has 0 spiro atoms. The van der Waals surface area contributed by atoms with E-state index >= 15 is 0 Å². The Labute approximate surface area is 96.2 Å². The van der Waals surface area contributed by atoms with E-state index in [9.17, 15) is 5.11 Å². The Hall–Kier alpha value is -0.860. The largest absolute Gasteiger partial charge is 0.395 e. The van der Waals surface area contributed by atoms with E-state index in [1.807, 2.05) is 0 Å². The van der Waals surface area contributed by atoms with E-state index in [2.05, 4.69) is 18.2 Å². The molecule has 1 aliphatic carbocycles. The molecule has 1 saturated heterocycles. The Balaban J connectivity index is 1.96. The maximum Gasteiger partial charge on any atom is 0.0651 e. The van der Waals surface area contributed by atoms with Gasteiger partial charge in [-0.2, -0.15) is 0 Å². The molecule has 0 atom stereocenters. The second-order valence-corrected chi connectivity index (χ2v) is 5.12. The molecule has 2 aliphatic rings. The Kier molecular flexibility index (Phi) is 2.49. The molecule has 2 heteroatoms. The van der Waals surface area contributed by atoms with Gasteiger partial charge in [0.05, 0.1) is 25.2 Å². The van der Waals surface area contributed by atoms with E-state index in [0.29, 0.717) is 13.2 Å². The third-order valence-electron chi connectivity index (χ3n) is 4.02. The third kappa shape index (κ3) is 1.48. The quantitative estimate of drug-likeness (QED) is 0.820. The molecule has 1 aliphatic heterocycles. The van der Waals surface area contributed by atoms with Crippen molar-refractivity contribution in [2.75, 3.05) is 19.8 Å². The van der Waals surface area contributed by atoms with E-state index in [0.717, 1.165) is 0 Å². The van der Waals surface area contributed by atoms with Crippen LogP contribution in [0, 0.1) is 0 Å². The fraction of sp³-hybridized carbons (Fsp3) is 0.571. The molecule has 1 aromatic carbocycles. The van der Waals surface area contributed by atoms with Gasteiger partial charge in [0.25, 0.3) is 0 Å². The SMILES string of the molecule is OCC1(c2ccc3c(c2)CCCC3)COC1. The summed E-state index contributed by atoms with van der Waals surface area (Å²) in [6, 6.07) is 6.73. The van der Waals surface area contributed by atoms with Gasteiger partial charge in [0.1, 0.15) is 0 Å². The van der Waals surface area contributed by atoms with Gasteiger partial charge in [-0.3, -0.25) is 0 Å². The molecule has 2 nitrogen and oxygen atoms in total. The molecule has 1 fully saturated rings. The molecular formula is C14H18O2. The standard InChI is InChI=1S/C14H18O2/c15-8-14(9-16-10-14)13-6-5-11-3-1-2-4-12(11)7-13/h5-7,15H,1-4,8-10H2. The maximum absolute atomic E-state index is 9.51. The predicted octanol–water partition coefficient (Wildman–Crippen LogP) is 1.83. The van der Waals surface area contributed by atoms with Crippen molar-refractivity contribution in [3.8, 4) is 0 Å². The molecule has 3 rings (SSSR count). The topological polar surface area (TPSA) is 29.5 Å². The number of rotatable bonds is 2. The molecule has 1 N–H and O–H groups in total. The summed E-state index contributed by atoms with van der Waals surface area (Å²) in [4.78, 5) is 0. The van der Waals surface area contributed by atoms with Gasteiger partial charge in [0, 0.05) is 0 Å². The van der Waals surface area contributed by atoms with Crippen LogP contribution in [0.1, 0.15) is 29.5 Å². The third-order valence-corrected chi connectivity index (χ3v) is 4.02. The monoisotopic (exact) mass is 218 g/mol. The Morgan fingerprint density at radius 3 is 2.50 bits per heavy atom. The zero-order valence-electron chi connectivity index (χ0n) is 9.54. The second-order valence-electron chi connectivity index (χ2n) is 5.12. The number of aliphatic hydroxyl groups excluding tert-OH is 1. The van der Waals surface area contributed by atoms with Crippen LogP contribution in [0.5, 0.6) is 0 Å². The highest BCUT2D eigenvalue weighted by Crippen LogP contribution is 2.34. The zero-order valence-corrected chi connectivity index (χ0v) is 9.54. The van der Waals surface area contributed by atoms with E-state index in [-0.39, 0.29) is 12.0 Å². The predicted molar refractivity (Wildman–Crippen MR) is 62.7 cm³/mol. The van der Waals surface area contributed by atoms with E-state index in [1.54, 1.807) is 0 Å². The molecule has 1 heterocycles. The smallest absolute Gasteiger partial charge is 0.0651 e. The second kappa shape index (κ2) is 3.86. The normalized spacial score (nSPS) is 22.3. The molecule has 0 bridgehead atoms. The minimum absolute atomic E-state index is 0.105. The number of ether oxygens (including phenoxy) is 1. The molecule has 1 aromatic rings. The highest BCUT2D eigenvalue weighted by atomic mass is 16.5. The molecule has 0 saturated carbocycles. The molecule has 16 heavy (non-hydrogen) atoms. The zero-order chi connectivity index (χ0) is 11.0. The Bertz CT molecular complexity index is 388. The van der Waals surface area contributed by atoms with Gasteiger partial charge in [-0.25, -0.2) is 0 Å². The van der Waals surface area contributed by atoms with Gasteiger partial charge in [-0.15, -0.1) is 0 Å². The first kappa shape index (κ1) is 10.3.